The molecule has 2 aromatic carbocycles. The summed E-state index contributed by atoms with van der Waals surface area (Å²) in [6.45, 7) is 7.65. The fourth-order valence-corrected chi connectivity index (χ4v) is 3.48. The number of nitrogens with one attached hydrogen (secondary N) is 2. The Labute approximate surface area is 200 Å². The van der Waals surface area contributed by atoms with Gasteiger partial charge >= 0.3 is 0 Å². The zero-order chi connectivity index (χ0) is 21.3. The summed E-state index contributed by atoms with van der Waals surface area (Å²) >= 11 is 0. The van der Waals surface area contributed by atoms with E-state index < -0.39 is 11.7 Å². The summed E-state index contributed by atoms with van der Waals surface area (Å²) in [6, 6.07) is 14.2. The second-order valence-electron chi connectivity index (χ2n) is 7.13. The van der Waals surface area contributed by atoms with Crippen molar-refractivity contribution in [2.24, 2.45) is 4.99 Å². The molecule has 2 N–H and O–H groups in total. The molecule has 1 saturated heterocycles. The number of hydrogen-bond donors (Lipinski definition) is 2. The predicted octanol–water partition coefficient (Wildman–Crippen LogP) is 3.52. The Kier molecular flexibility index (Phi) is 10.2. The number of hydrogen-bond acceptors (Lipinski definition) is 3. The number of benzene rings is 2. The van der Waals surface area contributed by atoms with Crippen LogP contribution in [0, 0.1) is 12.7 Å². The lowest BCUT2D eigenvalue weighted by atomic mass is 10.0. The number of ether oxygens (including phenoxy) is 1. The molecule has 1 aliphatic rings. The van der Waals surface area contributed by atoms with Crippen molar-refractivity contribution in [3.8, 4) is 0 Å². The monoisotopic (exact) mass is 540 g/mol. The van der Waals surface area contributed by atoms with Crippen molar-refractivity contribution in [3.63, 3.8) is 0 Å². The molecule has 2 aromatic rings. The SMILES string of the molecule is CCNC(=NCCNC(=O)c1ccccc1F)N1CCOC(c2ccccc2C)C1.I. The maximum atomic E-state index is 13.7. The number of guanidine groups is 1. The topological polar surface area (TPSA) is 66.0 Å². The van der Waals surface area contributed by atoms with E-state index in [1.165, 1.54) is 23.3 Å². The Morgan fingerprint density at radius 2 is 1.94 bits per heavy atom. The third-order valence-electron chi connectivity index (χ3n) is 5.01. The summed E-state index contributed by atoms with van der Waals surface area (Å²) in [5.41, 5.74) is 2.44. The lowest BCUT2D eigenvalue weighted by Crippen LogP contribution is -2.48. The van der Waals surface area contributed by atoms with Gasteiger partial charge in [-0.2, -0.15) is 0 Å². The van der Waals surface area contributed by atoms with Crippen LogP contribution >= 0.6 is 24.0 Å². The van der Waals surface area contributed by atoms with Crippen LogP contribution in [0.3, 0.4) is 0 Å². The van der Waals surface area contributed by atoms with Gasteiger partial charge in [-0.1, -0.05) is 36.4 Å². The molecule has 1 unspecified atom stereocenters. The first-order valence-electron chi connectivity index (χ1n) is 10.3. The highest BCUT2D eigenvalue weighted by molar-refractivity contribution is 14.0. The van der Waals surface area contributed by atoms with E-state index in [0.717, 1.165) is 19.0 Å². The Bertz CT molecular complexity index is 893. The Hall–Kier alpha value is -2.20. The highest BCUT2D eigenvalue weighted by Gasteiger charge is 2.25. The zero-order valence-electron chi connectivity index (χ0n) is 17.9. The van der Waals surface area contributed by atoms with Crippen LogP contribution in [0.4, 0.5) is 4.39 Å². The highest BCUT2D eigenvalue weighted by atomic mass is 127. The van der Waals surface area contributed by atoms with Gasteiger partial charge in [-0.25, -0.2) is 4.39 Å². The average Bonchev–Trinajstić information content (AvgIpc) is 2.76. The van der Waals surface area contributed by atoms with Gasteiger partial charge in [0.25, 0.3) is 5.91 Å². The third-order valence-corrected chi connectivity index (χ3v) is 5.01. The van der Waals surface area contributed by atoms with E-state index in [9.17, 15) is 9.18 Å². The van der Waals surface area contributed by atoms with Crippen molar-refractivity contribution in [2.45, 2.75) is 20.0 Å². The minimum Gasteiger partial charge on any atom is -0.370 e. The van der Waals surface area contributed by atoms with Gasteiger partial charge in [-0.3, -0.25) is 9.79 Å². The van der Waals surface area contributed by atoms with Gasteiger partial charge in [0.15, 0.2) is 5.96 Å². The number of nitrogens with zero attached hydrogens (tertiary/aromatic N) is 2. The molecular formula is C23H30FIN4O2. The number of rotatable bonds is 6. The molecule has 0 aliphatic carbocycles. The zero-order valence-corrected chi connectivity index (χ0v) is 20.3. The van der Waals surface area contributed by atoms with Gasteiger partial charge in [0.05, 0.1) is 25.3 Å². The highest BCUT2D eigenvalue weighted by Crippen LogP contribution is 2.24. The summed E-state index contributed by atoms with van der Waals surface area (Å²) in [4.78, 5) is 19.0. The molecule has 1 amide bonds. The van der Waals surface area contributed by atoms with Crippen LogP contribution < -0.4 is 10.6 Å². The van der Waals surface area contributed by atoms with Gasteiger partial charge in [-0.05, 0) is 37.1 Å². The third kappa shape index (κ3) is 6.90. The van der Waals surface area contributed by atoms with E-state index in [0.29, 0.717) is 26.2 Å². The van der Waals surface area contributed by atoms with Crippen molar-refractivity contribution in [1.29, 1.82) is 0 Å². The van der Waals surface area contributed by atoms with Gasteiger partial charge in [-0.15, -0.1) is 24.0 Å². The van der Waals surface area contributed by atoms with E-state index in [-0.39, 0.29) is 35.6 Å². The van der Waals surface area contributed by atoms with E-state index in [2.05, 4.69) is 39.6 Å². The van der Waals surface area contributed by atoms with Gasteiger partial charge < -0.3 is 20.3 Å². The summed E-state index contributed by atoms with van der Waals surface area (Å²) in [6.07, 6.45) is -0.00966. The molecule has 0 aromatic heterocycles. The largest absolute Gasteiger partial charge is 0.370 e. The molecule has 0 bridgehead atoms. The van der Waals surface area contributed by atoms with Crippen LogP contribution in [-0.4, -0.2) is 56.1 Å². The normalized spacial score (nSPS) is 16.4. The molecule has 31 heavy (non-hydrogen) atoms. The fourth-order valence-electron chi connectivity index (χ4n) is 3.48. The molecule has 6 nitrogen and oxygen atoms in total. The number of amides is 1. The fraction of sp³-hybridized carbons (Fsp3) is 0.391. The first-order chi connectivity index (χ1) is 14.6. The van der Waals surface area contributed by atoms with Crippen LogP contribution in [0.15, 0.2) is 53.5 Å². The molecular weight excluding hydrogens is 510 g/mol. The van der Waals surface area contributed by atoms with Crippen molar-refractivity contribution in [1.82, 2.24) is 15.5 Å². The van der Waals surface area contributed by atoms with Crippen LogP contribution in [0.25, 0.3) is 0 Å². The summed E-state index contributed by atoms with van der Waals surface area (Å²) in [5, 5.41) is 6.04. The molecule has 1 aliphatic heterocycles. The molecule has 168 valence electrons. The first-order valence-corrected chi connectivity index (χ1v) is 10.3. The number of aryl methyl sites for hydroxylation is 1. The van der Waals surface area contributed by atoms with Gasteiger partial charge in [0.2, 0.25) is 0 Å². The molecule has 0 radical (unpaired) electrons. The van der Waals surface area contributed by atoms with E-state index in [1.54, 1.807) is 12.1 Å². The lowest BCUT2D eigenvalue weighted by molar-refractivity contribution is -0.00832. The maximum absolute atomic E-state index is 13.7. The van der Waals surface area contributed by atoms with E-state index >= 15 is 0 Å². The quantitative estimate of drug-likeness (QED) is 0.255. The van der Waals surface area contributed by atoms with Crippen LogP contribution in [-0.2, 0) is 4.74 Å². The number of morpholine rings is 1. The van der Waals surface area contributed by atoms with Gasteiger partial charge in [0.1, 0.15) is 11.9 Å². The molecule has 0 saturated carbocycles. The summed E-state index contributed by atoms with van der Waals surface area (Å²) < 4.78 is 19.7. The Morgan fingerprint density at radius 3 is 2.68 bits per heavy atom. The predicted molar refractivity (Wildman–Crippen MR) is 132 cm³/mol. The van der Waals surface area contributed by atoms with E-state index in [4.69, 9.17) is 4.74 Å². The minimum atomic E-state index is -0.526. The van der Waals surface area contributed by atoms with Crippen LogP contribution in [0.1, 0.15) is 34.5 Å². The van der Waals surface area contributed by atoms with E-state index in [1.807, 2.05) is 19.1 Å². The number of aliphatic imine (C=N–C) groups is 1. The molecule has 1 fully saturated rings. The van der Waals surface area contributed by atoms with Crippen LogP contribution in [0.5, 0.6) is 0 Å². The maximum Gasteiger partial charge on any atom is 0.254 e. The van der Waals surface area contributed by atoms with Crippen molar-refractivity contribution >= 4 is 35.8 Å². The Morgan fingerprint density at radius 1 is 1.19 bits per heavy atom. The number of carbonyl (C=O) groups is 1. The second kappa shape index (κ2) is 12.6. The molecule has 0 spiro atoms. The average molecular weight is 540 g/mol. The van der Waals surface area contributed by atoms with Crippen molar-refractivity contribution < 1.29 is 13.9 Å². The second-order valence-corrected chi connectivity index (χ2v) is 7.13. The molecule has 8 heteroatoms. The number of carbonyl (C=O) groups excluding carboxylic acids is 1. The summed E-state index contributed by atoms with van der Waals surface area (Å²) in [7, 11) is 0. The number of halogens is 2. The molecule has 1 atom stereocenters. The lowest BCUT2D eigenvalue weighted by Gasteiger charge is -2.35. The van der Waals surface area contributed by atoms with Crippen molar-refractivity contribution in [3.05, 3.63) is 71.0 Å². The standard InChI is InChI=1S/C23H29FN4O2.HI/c1-3-25-23(27-13-12-26-22(29)19-10-6-7-11-20(19)24)28-14-15-30-21(16-28)18-9-5-4-8-17(18)2;/h4-11,21H,3,12-16H2,1-2H3,(H,25,27)(H,26,29);1H. The molecule has 1 heterocycles. The Balaban J connectivity index is 0.00000341. The van der Waals surface area contributed by atoms with Crippen LogP contribution in [0.2, 0.25) is 0 Å². The molecule has 3 rings (SSSR count). The van der Waals surface area contributed by atoms with Gasteiger partial charge in [0, 0.05) is 19.6 Å². The minimum absolute atomic E-state index is 0. The van der Waals surface area contributed by atoms with Crippen molar-refractivity contribution in [2.75, 3.05) is 39.3 Å². The first kappa shape index (κ1) is 25.1. The smallest absolute Gasteiger partial charge is 0.254 e. The summed E-state index contributed by atoms with van der Waals surface area (Å²) in [5.74, 6) is -0.166.